The minimum Gasteiger partial charge on any atom is -0.379 e. The number of benzene rings is 1. The first kappa shape index (κ1) is 20.6. The Balaban J connectivity index is 2.38. The molecule has 8 heteroatoms. The molecule has 1 N–H and O–H groups in total. The fourth-order valence-corrected chi connectivity index (χ4v) is 2.39. The van der Waals surface area contributed by atoms with Gasteiger partial charge in [0.1, 0.15) is 0 Å². The van der Waals surface area contributed by atoms with Crippen molar-refractivity contribution < 1.29 is 17.6 Å². The number of hydrogen-bond acceptors (Lipinski definition) is 3. The summed E-state index contributed by atoms with van der Waals surface area (Å²) < 4.78 is 53.6. The van der Waals surface area contributed by atoms with E-state index in [2.05, 4.69) is 22.0 Å². The molecular weight excluding hydrogens is 382 g/mol. The molecule has 0 bridgehead atoms. The Morgan fingerprint density at radius 1 is 1.22 bits per heavy atom. The second-order valence-electron chi connectivity index (χ2n) is 5.57. The Hall–Kier alpha value is -2.67. The highest BCUT2D eigenvalue weighted by molar-refractivity contribution is 6.30. The van der Waals surface area contributed by atoms with Crippen molar-refractivity contribution in [3.05, 3.63) is 76.5 Å². The Morgan fingerprint density at radius 2 is 1.89 bits per heavy atom. The number of aromatic nitrogens is 1. The largest absolute Gasteiger partial charge is 0.435 e. The smallest absolute Gasteiger partial charge is 0.379 e. The van der Waals surface area contributed by atoms with Crippen LogP contribution in [-0.4, -0.2) is 11.7 Å². The average molecular weight is 398 g/mol. The average Bonchev–Trinajstić information content (AvgIpc) is 2.59. The van der Waals surface area contributed by atoms with Crippen molar-refractivity contribution in [3.8, 4) is 0 Å². The molecule has 0 saturated heterocycles. The second-order valence-corrected chi connectivity index (χ2v) is 6.00. The number of nitrogens with zero attached hydrogens (tertiary/aromatic N) is 2. The summed E-state index contributed by atoms with van der Waals surface area (Å²) in [6.07, 6.45) is -2.51. The molecule has 0 atom stereocenters. The van der Waals surface area contributed by atoms with E-state index in [0.29, 0.717) is 5.02 Å². The van der Waals surface area contributed by atoms with Crippen molar-refractivity contribution >= 4 is 29.6 Å². The minimum absolute atomic E-state index is 0.0660. The molecule has 0 saturated carbocycles. The predicted octanol–water partition coefficient (Wildman–Crippen LogP) is 6.28. The van der Waals surface area contributed by atoms with Crippen LogP contribution in [0.25, 0.3) is 5.57 Å². The standard InChI is InChI=1S/C19H16ClF4N3/c1-12(21)9-14(11-25-2)16-7-8-17(18(27-16)19(22,23)24)26-10-13-3-5-15(20)6-4-13/h3-9,11,26H,2,10H2,1H3/b12-9+,14-11+. The fraction of sp³-hybridized carbons (Fsp3) is 0.158. The monoisotopic (exact) mass is 397 g/mol. The van der Waals surface area contributed by atoms with E-state index in [-0.39, 0.29) is 23.5 Å². The van der Waals surface area contributed by atoms with Gasteiger partial charge in [0.2, 0.25) is 0 Å². The van der Waals surface area contributed by atoms with Crippen LogP contribution in [0.5, 0.6) is 0 Å². The van der Waals surface area contributed by atoms with Gasteiger partial charge in [0, 0.05) is 23.3 Å². The molecule has 2 rings (SSSR count). The molecule has 0 fully saturated rings. The normalized spacial score (nSPS) is 12.8. The predicted molar refractivity (Wildman–Crippen MR) is 100 cm³/mol. The van der Waals surface area contributed by atoms with Gasteiger partial charge in [-0.15, -0.1) is 0 Å². The van der Waals surface area contributed by atoms with Crippen molar-refractivity contribution in [3.63, 3.8) is 0 Å². The first-order valence-electron chi connectivity index (χ1n) is 7.77. The number of halogens is 5. The third kappa shape index (κ3) is 5.92. The highest BCUT2D eigenvalue weighted by atomic mass is 35.5. The molecule has 0 aliphatic heterocycles. The van der Waals surface area contributed by atoms with Gasteiger partial charge >= 0.3 is 6.18 Å². The van der Waals surface area contributed by atoms with Gasteiger partial charge < -0.3 is 5.32 Å². The molecule has 1 aromatic carbocycles. The lowest BCUT2D eigenvalue weighted by Crippen LogP contribution is -2.14. The third-order valence-corrected chi connectivity index (χ3v) is 3.69. The molecule has 0 radical (unpaired) electrons. The summed E-state index contributed by atoms with van der Waals surface area (Å²) in [4.78, 5) is 7.16. The van der Waals surface area contributed by atoms with Gasteiger partial charge in [-0.2, -0.15) is 13.2 Å². The zero-order chi connectivity index (χ0) is 20.0. The third-order valence-electron chi connectivity index (χ3n) is 3.44. The van der Waals surface area contributed by atoms with Gasteiger partial charge in [0.05, 0.1) is 17.2 Å². The van der Waals surface area contributed by atoms with Crippen molar-refractivity contribution in [2.45, 2.75) is 19.6 Å². The Morgan fingerprint density at radius 3 is 2.44 bits per heavy atom. The van der Waals surface area contributed by atoms with E-state index in [9.17, 15) is 17.6 Å². The van der Waals surface area contributed by atoms with E-state index in [0.717, 1.165) is 17.8 Å². The highest BCUT2D eigenvalue weighted by Gasteiger charge is 2.36. The molecule has 0 unspecified atom stereocenters. The number of nitrogens with one attached hydrogen (secondary N) is 1. The van der Waals surface area contributed by atoms with Crippen molar-refractivity contribution in [1.82, 2.24) is 4.98 Å². The summed E-state index contributed by atoms with van der Waals surface area (Å²) in [5.74, 6) is -0.592. The number of alkyl halides is 3. The maximum atomic E-state index is 13.5. The van der Waals surface area contributed by atoms with Gasteiger partial charge in [0.15, 0.2) is 5.69 Å². The van der Waals surface area contributed by atoms with E-state index in [1.54, 1.807) is 24.3 Å². The van der Waals surface area contributed by atoms with Crippen LogP contribution in [0.4, 0.5) is 23.2 Å². The zero-order valence-electron chi connectivity index (χ0n) is 14.3. The van der Waals surface area contributed by atoms with Gasteiger partial charge in [0.25, 0.3) is 0 Å². The van der Waals surface area contributed by atoms with E-state index < -0.39 is 17.7 Å². The molecule has 0 aliphatic rings. The number of hydrogen-bond donors (Lipinski definition) is 1. The van der Waals surface area contributed by atoms with Gasteiger partial charge in [-0.05, 0) is 49.5 Å². The van der Waals surface area contributed by atoms with Crippen LogP contribution >= 0.6 is 11.6 Å². The number of allylic oxidation sites excluding steroid dienone is 3. The summed E-state index contributed by atoms with van der Waals surface area (Å²) in [6.45, 7) is 4.57. The number of pyridine rings is 1. The van der Waals surface area contributed by atoms with E-state index in [1.807, 2.05) is 0 Å². The van der Waals surface area contributed by atoms with Gasteiger partial charge in [-0.3, -0.25) is 4.99 Å². The Kier molecular flexibility index (Phi) is 6.74. The molecule has 1 aromatic heterocycles. The second kappa shape index (κ2) is 8.81. The van der Waals surface area contributed by atoms with E-state index in [1.165, 1.54) is 19.1 Å². The van der Waals surface area contributed by atoms with Crippen molar-refractivity contribution in [2.24, 2.45) is 4.99 Å². The molecule has 0 aliphatic carbocycles. The summed E-state index contributed by atoms with van der Waals surface area (Å²) in [5, 5.41) is 3.26. The number of anilines is 1. The molecule has 2 aromatic rings. The SMILES string of the molecule is C=N/C=C(\C=C(/C)F)c1ccc(NCc2ccc(Cl)cc2)c(C(F)(F)F)n1. The fourth-order valence-electron chi connectivity index (χ4n) is 2.27. The molecule has 0 amide bonds. The molecule has 3 nitrogen and oxygen atoms in total. The quantitative estimate of drug-likeness (QED) is 0.354. The summed E-state index contributed by atoms with van der Waals surface area (Å²) in [7, 11) is 0. The molecular formula is C19H16ClF4N3. The van der Waals surface area contributed by atoms with E-state index >= 15 is 0 Å². The summed E-state index contributed by atoms with van der Waals surface area (Å²) in [5.41, 5.74) is -0.519. The van der Waals surface area contributed by atoms with Gasteiger partial charge in [-0.25, -0.2) is 9.37 Å². The first-order chi connectivity index (χ1) is 12.7. The maximum Gasteiger partial charge on any atom is 0.435 e. The molecule has 0 spiro atoms. The zero-order valence-corrected chi connectivity index (χ0v) is 15.1. The Labute approximate surface area is 159 Å². The lowest BCUT2D eigenvalue weighted by atomic mass is 10.1. The lowest BCUT2D eigenvalue weighted by Gasteiger charge is -2.15. The summed E-state index contributed by atoms with van der Waals surface area (Å²) in [6, 6.07) is 9.31. The van der Waals surface area contributed by atoms with Crippen LogP contribution in [-0.2, 0) is 12.7 Å². The van der Waals surface area contributed by atoms with Crippen molar-refractivity contribution in [1.29, 1.82) is 0 Å². The van der Waals surface area contributed by atoms with Crippen LogP contribution < -0.4 is 5.32 Å². The van der Waals surface area contributed by atoms with E-state index in [4.69, 9.17) is 11.6 Å². The molecule has 27 heavy (non-hydrogen) atoms. The molecule has 1 heterocycles. The van der Waals surface area contributed by atoms with Crippen LogP contribution in [0.15, 0.2) is 59.5 Å². The van der Waals surface area contributed by atoms with Crippen LogP contribution in [0.2, 0.25) is 5.02 Å². The lowest BCUT2D eigenvalue weighted by molar-refractivity contribution is -0.140. The van der Waals surface area contributed by atoms with Crippen LogP contribution in [0.3, 0.4) is 0 Å². The topological polar surface area (TPSA) is 37.3 Å². The maximum absolute atomic E-state index is 13.5. The summed E-state index contributed by atoms with van der Waals surface area (Å²) >= 11 is 5.79. The van der Waals surface area contributed by atoms with Gasteiger partial charge in [-0.1, -0.05) is 23.7 Å². The van der Waals surface area contributed by atoms with Crippen molar-refractivity contribution in [2.75, 3.05) is 5.32 Å². The first-order valence-corrected chi connectivity index (χ1v) is 8.15. The minimum atomic E-state index is -4.69. The number of aliphatic imine (C=N–C) groups is 1. The highest BCUT2D eigenvalue weighted by Crippen LogP contribution is 2.35. The molecule has 142 valence electrons. The Bertz CT molecular complexity index is 868. The van der Waals surface area contributed by atoms with Crippen LogP contribution in [0.1, 0.15) is 23.9 Å². The van der Waals surface area contributed by atoms with Crippen LogP contribution in [0, 0.1) is 0 Å². The number of rotatable bonds is 6.